The number of hydrogen-bond donors (Lipinski definition) is 1. The fourth-order valence-electron chi connectivity index (χ4n) is 1.89. The quantitative estimate of drug-likeness (QED) is 0.670. The average molecular weight is 336 g/mol. The molecule has 0 heterocycles. The number of benzene rings is 2. The van der Waals surface area contributed by atoms with Crippen LogP contribution in [0.3, 0.4) is 0 Å². The van der Waals surface area contributed by atoms with Crippen LogP contribution in [0.1, 0.15) is 10.5 Å². The van der Waals surface area contributed by atoms with Crippen LogP contribution >= 0.6 is 11.6 Å². The highest BCUT2D eigenvalue weighted by Crippen LogP contribution is 2.31. The first-order chi connectivity index (χ1) is 12.2. The van der Waals surface area contributed by atoms with Gasteiger partial charge in [0.05, 0.1) is 18.5 Å². The van der Waals surface area contributed by atoms with E-state index in [9.17, 15) is 9.59 Å². The number of halogens is 1. The second-order valence-electron chi connectivity index (χ2n) is 4.63. The number of anilines is 3. The lowest BCUT2D eigenvalue weighted by Crippen LogP contribution is -2.29. The van der Waals surface area contributed by atoms with E-state index in [1.54, 1.807) is 24.3 Å². The van der Waals surface area contributed by atoms with Crippen molar-refractivity contribution in [3.8, 4) is 0 Å². The van der Waals surface area contributed by atoms with E-state index in [1.165, 1.54) is 18.2 Å². The van der Waals surface area contributed by atoms with Gasteiger partial charge < -0.3 is 15.0 Å². The van der Waals surface area contributed by atoms with E-state index in [0.717, 1.165) is 7.11 Å². The molecule has 5 nitrogen and oxygen atoms in total. The van der Waals surface area contributed by atoms with Crippen molar-refractivity contribution >= 4 is 40.5 Å². The molecule has 0 spiro atoms. The first kappa shape index (κ1) is 13.0. The first-order valence-electron chi connectivity index (χ1n) is 8.24. The molecule has 2 aromatic carbocycles. The standard InChI is InChI=1S/C17H17ClN2O3/c1-20(16(21)11-17(22)23-2)15-9-8-12(18)10-14(15)19-13-6-4-3-5-7-13/h3-10,19H,11H2,1-2H3/i1D3. The van der Waals surface area contributed by atoms with Crippen LogP contribution < -0.4 is 10.2 Å². The summed E-state index contributed by atoms with van der Waals surface area (Å²) in [7, 11) is 1.12. The molecule has 0 aromatic heterocycles. The number of esters is 1. The van der Waals surface area contributed by atoms with Crippen LogP contribution in [0, 0.1) is 0 Å². The molecule has 0 saturated heterocycles. The Balaban J connectivity index is 2.47. The molecule has 0 fully saturated rings. The number of para-hydroxylation sites is 1. The Bertz CT molecular complexity index is 798. The van der Waals surface area contributed by atoms with Gasteiger partial charge in [-0.1, -0.05) is 29.8 Å². The number of ether oxygens (including phenoxy) is 1. The van der Waals surface area contributed by atoms with Gasteiger partial charge in [-0.15, -0.1) is 0 Å². The van der Waals surface area contributed by atoms with E-state index in [4.69, 9.17) is 15.7 Å². The van der Waals surface area contributed by atoms with Gasteiger partial charge >= 0.3 is 5.97 Å². The number of hydrogen-bond acceptors (Lipinski definition) is 4. The molecule has 2 aromatic rings. The van der Waals surface area contributed by atoms with Crippen molar-refractivity contribution in [2.75, 3.05) is 24.3 Å². The molecular formula is C17H17ClN2O3. The predicted octanol–water partition coefficient (Wildman–Crippen LogP) is 3.61. The van der Waals surface area contributed by atoms with Crippen LogP contribution in [0.2, 0.25) is 5.02 Å². The highest BCUT2D eigenvalue weighted by atomic mass is 35.5. The summed E-state index contributed by atoms with van der Waals surface area (Å²) >= 11 is 6.03. The lowest BCUT2D eigenvalue weighted by atomic mass is 10.2. The van der Waals surface area contributed by atoms with Crippen LogP contribution in [0.25, 0.3) is 0 Å². The minimum atomic E-state index is -2.80. The van der Waals surface area contributed by atoms with Gasteiger partial charge in [-0.3, -0.25) is 9.59 Å². The van der Waals surface area contributed by atoms with Gasteiger partial charge in [0.2, 0.25) is 5.91 Å². The van der Waals surface area contributed by atoms with Crippen LogP contribution in [0.5, 0.6) is 0 Å². The van der Waals surface area contributed by atoms with Crippen molar-refractivity contribution in [3.05, 3.63) is 53.6 Å². The highest BCUT2D eigenvalue weighted by Gasteiger charge is 2.18. The molecule has 0 aliphatic rings. The summed E-state index contributed by atoms with van der Waals surface area (Å²) < 4.78 is 27.6. The normalized spacial score (nSPS) is 12.5. The van der Waals surface area contributed by atoms with Gasteiger partial charge in [0.15, 0.2) is 0 Å². The second kappa shape index (κ2) is 7.65. The summed E-state index contributed by atoms with van der Waals surface area (Å²) in [6, 6.07) is 13.4. The van der Waals surface area contributed by atoms with E-state index in [0.29, 0.717) is 21.3 Å². The number of methoxy groups -OCH3 is 1. The van der Waals surface area contributed by atoms with E-state index in [2.05, 4.69) is 10.1 Å². The molecule has 2 rings (SSSR count). The van der Waals surface area contributed by atoms with Gasteiger partial charge in [-0.25, -0.2) is 0 Å². The van der Waals surface area contributed by atoms with E-state index < -0.39 is 25.3 Å². The van der Waals surface area contributed by atoms with E-state index in [1.807, 2.05) is 6.07 Å². The minimum absolute atomic E-state index is 0.0761. The Morgan fingerprint density at radius 1 is 1.26 bits per heavy atom. The predicted molar refractivity (Wildman–Crippen MR) is 91.2 cm³/mol. The zero-order valence-corrected chi connectivity index (χ0v) is 13.1. The van der Waals surface area contributed by atoms with Crippen molar-refractivity contribution in [3.63, 3.8) is 0 Å². The third kappa shape index (κ3) is 4.47. The molecule has 23 heavy (non-hydrogen) atoms. The largest absolute Gasteiger partial charge is 0.469 e. The number of carbonyl (C=O) groups is 2. The van der Waals surface area contributed by atoms with Crippen LogP contribution in [-0.2, 0) is 14.3 Å². The third-order valence-corrected chi connectivity index (χ3v) is 3.26. The van der Waals surface area contributed by atoms with E-state index >= 15 is 0 Å². The van der Waals surface area contributed by atoms with Crippen molar-refractivity contribution in [1.29, 1.82) is 0 Å². The number of amides is 1. The molecule has 1 amide bonds. The summed E-state index contributed by atoms with van der Waals surface area (Å²) in [5.74, 6) is -1.73. The summed E-state index contributed by atoms with van der Waals surface area (Å²) in [5, 5.41) is 3.40. The Hall–Kier alpha value is -2.53. The molecule has 0 saturated carbocycles. The summed E-state index contributed by atoms with van der Waals surface area (Å²) in [5.41, 5.74) is 1.08. The van der Waals surface area contributed by atoms with Crippen molar-refractivity contribution in [2.45, 2.75) is 6.42 Å². The van der Waals surface area contributed by atoms with Crippen molar-refractivity contribution in [2.24, 2.45) is 0 Å². The van der Waals surface area contributed by atoms with Gasteiger partial charge in [-0.05, 0) is 30.3 Å². The number of nitrogens with one attached hydrogen (secondary N) is 1. The molecule has 0 radical (unpaired) electrons. The highest BCUT2D eigenvalue weighted by molar-refractivity contribution is 6.31. The monoisotopic (exact) mass is 335 g/mol. The lowest BCUT2D eigenvalue weighted by molar-refractivity contribution is -0.143. The van der Waals surface area contributed by atoms with Gasteiger partial charge in [-0.2, -0.15) is 0 Å². The van der Waals surface area contributed by atoms with Gasteiger partial charge in [0.25, 0.3) is 0 Å². The van der Waals surface area contributed by atoms with Crippen LogP contribution in [0.4, 0.5) is 17.1 Å². The second-order valence-corrected chi connectivity index (χ2v) is 5.07. The molecule has 120 valence electrons. The van der Waals surface area contributed by atoms with Crippen molar-refractivity contribution < 1.29 is 18.4 Å². The lowest BCUT2D eigenvalue weighted by Gasteiger charge is -2.21. The Labute approximate surface area is 144 Å². The summed E-state index contributed by atoms with van der Waals surface area (Å²) in [6.07, 6.45) is -0.692. The maximum atomic E-state index is 12.5. The van der Waals surface area contributed by atoms with Crippen molar-refractivity contribution in [1.82, 2.24) is 0 Å². The van der Waals surface area contributed by atoms with Crippen LogP contribution in [-0.4, -0.2) is 26.0 Å². The number of nitrogens with zero attached hydrogens (tertiary/aromatic N) is 1. The Kier molecular flexibility index (Phi) is 4.31. The molecule has 0 aliphatic carbocycles. The van der Waals surface area contributed by atoms with Crippen LogP contribution in [0.15, 0.2) is 48.5 Å². The molecular weight excluding hydrogens is 316 g/mol. The van der Waals surface area contributed by atoms with Gasteiger partial charge in [0, 0.05) is 21.8 Å². The third-order valence-electron chi connectivity index (χ3n) is 3.02. The van der Waals surface area contributed by atoms with Gasteiger partial charge in [0.1, 0.15) is 6.42 Å². The fraction of sp³-hybridized carbons (Fsp3) is 0.176. The SMILES string of the molecule is [2H]C([2H])([2H])N(C(=O)CC(=O)OC)c1ccc(Cl)cc1Nc1ccccc1. The molecule has 1 N–H and O–H groups in total. The molecule has 0 atom stereocenters. The fourth-order valence-corrected chi connectivity index (χ4v) is 2.06. The Morgan fingerprint density at radius 3 is 2.65 bits per heavy atom. The smallest absolute Gasteiger partial charge is 0.315 e. The van der Waals surface area contributed by atoms with E-state index in [-0.39, 0.29) is 5.69 Å². The maximum absolute atomic E-state index is 12.5. The summed E-state index contributed by atoms with van der Waals surface area (Å²) in [6.45, 7) is -2.80. The number of carbonyl (C=O) groups excluding carboxylic acids is 2. The Morgan fingerprint density at radius 2 is 2.00 bits per heavy atom. The summed E-state index contributed by atoms with van der Waals surface area (Å²) in [4.78, 5) is 24.5. The topological polar surface area (TPSA) is 58.6 Å². The zero-order chi connectivity index (χ0) is 19.3. The zero-order valence-electron chi connectivity index (χ0n) is 15.4. The molecule has 0 unspecified atom stereocenters. The molecule has 6 heteroatoms. The molecule has 0 aliphatic heterocycles. The average Bonchev–Trinajstić information content (AvgIpc) is 2.56. The first-order valence-corrected chi connectivity index (χ1v) is 7.11. The number of rotatable bonds is 5. The minimum Gasteiger partial charge on any atom is -0.469 e. The maximum Gasteiger partial charge on any atom is 0.315 e. The molecule has 0 bridgehead atoms.